The first-order valence-corrected chi connectivity index (χ1v) is 6.07. The van der Waals surface area contributed by atoms with Gasteiger partial charge in [0.05, 0.1) is 12.9 Å². The minimum atomic E-state index is -0.822. The zero-order valence-corrected chi connectivity index (χ0v) is 10.3. The highest BCUT2D eigenvalue weighted by molar-refractivity contribution is 7.99. The van der Waals surface area contributed by atoms with E-state index in [0.717, 1.165) is 11.3 Å². The van der Waals surface area contributed by atoms with Gasteiger partial charge < -0.3 is 10.5 Å². The second-order valence-electron chi connectivity index (χ2n) is 3.26. The quantitative estimate of drug-likeness (QED) is 0.825. The standard InChI is InChI=1S/C11H14N2O3S/c1-16-9-4-2-3-8(5-9)6-17-7-10(14)13-11(12)15/h2-5H,6-7H2,1H3,(H3,12,13,14,15). The Morgan fingerprint density at radius 1 is 1.47 bits per heavy atom. The molecule has 1 aromatic carbocycles. The summed E-state index contributed by atoms with van der Waals surface area (Å²) in [6, 6.07) is 6.77. The van der Waals surface area contributed by atoms with Gasteiger partial charge in [-0.1, -0.05) is 12.1 Å². The SMILES string of the molecule is COc1cccc(CSCC(=O)NC(N)=O)c1. The number of rotatable bonds is 5. The zero-order valence-electron chi connectivity index (χ0n) is 9.43. The van der Waals surface area contributed by atoms with Gasteiger partial charge in [0.15, 0.2) is 0 Å². The summed E-state index contributed by atoms with van der Waals surface area (Å²) in [7, 11) is 1.60. The number of nitrogens with two attached hydrogens (primary N) is 1. The molecule has 92 valence electrons. The summed E-state index contributed by atoms with van der Waals surface area (Å²) in [4.78, 5) is 21.5. The summed E-state index contributed by atoms with van der Waals surface area (Å²) in [6.45, 7) is 0. The molecule has 6 heteroatoms. The molecule has 5 nitrogen and oxygen atoms in total. The first-order valence-electron chi connectivity index (χ1n) is 4.92. The van der Waals surface area contributed by atoms with Crippen molar-refractivity contribution in [3.8, 4) is 5.75 Å². The summed E-state index contributed by atoms with van der Waals surface area (Å²) in [5.74, 6) is 1.26. The lowest BCUT2D eigenvalue weighted by molar-refractivity contribution is -0.117. The first kappa shape index (κ1) is 13.4. The van der Waals surface area contributed by atoms with Crippen molar-refractivity contribution in [2.75, 3.05) is 12.9 Å². The minimum absolute atomic E-state index is 0.195. The highest BCUT2D eigenvalue weighted by atomic mass is 32.2. The van der Waals surface area contributed by atoms with Crippen LogP contribution < -0.4 is 15.8 Å². The van der Waals surface area contributed by atoms with Crippen molar-refractivity contribution >= 4 is 23.7 Å². The van der Waals surface area contributed by atoms with E-state index in [1.165, 1.54) is 11.8 Å². The Morgan fingerprint density at radius 2 is 2.24 bits per heavy atom. The van der Waals surface area contributed by atoms with Crippen LogP contribution in [0, 0.1) is 0 Å². The molecule has 0 radical (unpaired) electrons. The molecular weight excluding hydrogens is 240 g/mol. The van der Waals surface area contributed by atoms with Gasteiger partial charge in [-0.2, -0.15) is 0 Å². The molecule has 0 aliphatic rings. The van der Waals surface area contributed by atoms with E-state index in [0.29, 0.717) is 5.75 Å². The lowest BCUT2D eigenvalue weighted by Gasteiger charge is -2.04. The molecule has 0 heterocycles. The maximum atomic E-state index is 11.1. The predicted molar refractivity (Wildman–Crippen MR) is 66.9 cm³/mol. The molecule has 1 aromatic rings. The van der Waals surface area contributed by atoms with E-state index < -0.39 is 6.03 Å². The molecule has 1 rings (SSSR count). The van der Waals surface area contributed by atoms with Crippen LogP contribution in [0.15, 0.2) is 24.3 Å². The molecule has 0 aromatic heterocycles. The van der Waals surface area contributed by atoms with E-state index >= 15 is 0 Å². The van der Waals surface area contributed by atoms with Gasteiger partial charge in [0.1, 0.15) is 5.75 Å². The van der Waals surface area contributed by atoms with Crippen LogP contribution in [0.25, 0.3) is 0 Å². The number of primary amides is 1. The van der Waals surface area contributed by atoms with E-state index in [4.69, 9.17) is 10.5 Å². The Balaban J connectivity index is 2.35. The Bertz CT molecular complexity index is 409. The van der Waals surface area contributed by atoms with E-state index in [2.05, 4.69) is 0 Å². The molecule has 0 saturated heterocycles. The number of methoxy groups -OCH3 is 1. The van der Waals surface area contributed by atoms with Crippen LogP contribution in [-0.4, -0.2) is 24.8 Å². The van der Waals surface area contributed by atoms with Gasteiger partial charge in [0, 0.05) is 5.75 Å². The number of carbonyl (C=O) groups is 2. The molecule has 0 saturated carbocycles. The number of urea groups is 1. The Labute approximate surface area is 104 Å². The highest BCUT2D eigenvalue weighted by Crippen LogP contribution is 2.17. The number of nitrogens with one attached hydrogen (secondary N) is 1. The van der Waals surface area contributed by atoms with Gasteiger partial charge in [-0.3, -0.25) is 10.1 Å². The van der Waals surface area contributed by atoms with Gasteiger partial charge in [0.25, 0.3) is 0 Å². The van der Waals surface area contributed by atoms with E-state index in [1.807, 2.05) is 29.6 Å². The molecule has 0 atom stereocenters. The van der Waals surface area contributed by atoms with Gasteiger partial charge in [-0.25, -0.2) is 4.79 Å². The monoisotopic (exact) mass is 254 g/mol. The lowest BCUT2D eigenvalue weighted by atomic mass is 10.2. The van der Waals surface area contributed by atoms with Crippen LogP contribution >= 0.6 is 11.8 Å². The number of amides is 3. The van der Waals surface area contributed by atoms with Crippen molar-refractivity contribution in [3.05, 3.63) is 29.8 Å². The first-order chi connectivity index (χ1) is 8.11. The number of hydrogen-bond donors (Lipinski definition) is 2. The average Bonchev–Trinajstić information content (AvgIpc) is 2.28. The van der Waals surface area contributed by atoms with Crippen LogP contribution in [0.4, 0.5) is 4.79 Å². The van der Waals surface area contributed by atoms with Gasteiger partial charge >= 0.3 is 6.03 Å². The Hall–Kier alpha value is -1.69. The molecule has 3 N–H and O–H groups in total. The molecule has 0 aliphatic heterocycles. The van der Waals surface area contributed by atoms with E-state index in [9.17, 15) is 9.59 Å². The smallest absolute Gasteiger partial charge is 0.318 e. The second-order valence-corrected chi connectivity index (χ2v) is 4.24. The predicted octanol–water partition coefficient (Wildman–Crippen LogP) is 1.12. The van der Waals surface area contributed by atoms with Gasteiger partial charge in [0.2, 0.25) is 5.91 Å². The second kappa shape index (κ2) is 6.80. The van der Waals surface area contributed by atoms with E-state index in [-0.39, 0.29) is 11.7 Å². The van der Waals surface area contributed by atoms with Gasteiger partial charge in [-0.05, 0) is 17.7 Å². The highest BCUT2D eigenvalue weighted by Gasteiger charge is 2.04. The van der Waals surface area contributed by atoms with Gasteiger partial charge in [-0.15, -0.1) is 11.8 Å². The summed E-state index contributed by atoms with van der Waals surface area (Å²) in [5, 5.41) is 2.01. The van der Waals surface area contributed by atoms with Crippen molar-refractivity contribution in [3.63, 3.8) is 0 Å². The van der Waals surface area contributed by atoms with Crippen molar-refractivity contribution in [2.24, 2.45) is 5.73 Å². The van der Waals surface area contributed by atoms with Crippen molar-refractivity contribution in [2.45, 2.75) is 5.75 Å². The fourth-order valence-corrected chi connectivity index (χ4v) is 1.97. The third-order valence-corrected chi connectivity index (χ3v) is 2.90. The lowest BCUT2D eigenvalue weighted by Crippen LogP contribution is -2.36. The molecule has 0 spiro atoms. The third-order valence-electron chi connectivity index (χ3n) is 1.90. The number of thioether (sulfide) groups is 1. The van der Waals surface area contributed by atoms with Crippen molar-refractivity contribution in [1.82, 2.24) is 5.32 Å². The number of imide groups is 1. The average molecular weight is 254 g/mol. The molecule has 0 fully saturated rings. The fraction of sp³-hybridized carbons (Fsp3) is 0.273. The summed E-state index contributed by atoms with van der Waals surface area (Å²) in [6.07, 6.45) is 0. The number of ether oxygens (including phenoxy) is 1. The van der Waals surface area contributed by atoms with Crippen LogP contribution in [0.3, 0.4) is 0 Å². The molecule has 0 unspecified atom stereocenters. The van der Waals surface area contributed by atoms with Crippen LogP contribution in [0.5, 0.6) is 5.75 Å². The van der Waals surface area contributed by atoms with Crippen LogP contribution in [0.2, 0.25) is 0 Å². The third kappa shape index (κ3) is 5.26. The summed E-state index contributed by atoms with van der Waals surface area (Å²) < 4.78 is 5.09. The molecule has 17 heavy (non-hydrogen) atoms. The normalized spacial score (nSPS) is 9.71. The molecule has 0 bridgehead atoms. The molecule has 3 amide bonds. The summed E-state index contributed by atoms with van der Waals surface area (Å²) >= 11 is 1.40. The molecule has 0 aliphatic carbocycles. The fourth-order valence-electron chi connectivity index (χ4n) is 1.20. The maximum absolute atomic E-state index is 11.1. The van der Waals surface area contributed by atoms with Crippen LogP contribution in [0.1, 0.15) is 5.56 Å². The topological polar surface area (TPSA) is 81.4 Å². The molecular formula is C11H14N2O3S. The largest absolute Gasteiger partial charge is 0.497 e. The Morgan fingerprint density at radius 3 is 2.88 bits per heavy atom. The number of hydrogen-bond acceptors (Lipinski definition) is 4. The van der Waals surface area contributed by atoms with Crippen molar-refractivity contribution < 1.29 is 14.3 Å². The number of carbonyl (C=O) groups excluding carboxylic acids is 2. The summed E-state index contributed by atoms with van der Waals surface area (Å²) in [5.41, 5.74) is 5.87. The zero-order chi connectivity index (χ0) is 12.7. The number of benzene rings is 1. The van der Waals surface area contributed by atoms with E-state index in [1.54, 1.807) is 7.11 Å². The Kier molecular flexibility index (Phi) is 5.35. The minimum Gasteiger partial charge on any atom is -0.497 e. The van der Waals surface area contributed by atoms with Crippen molar-refractivity contribution in [1.29, 1.82) is 0 Å². The van der Waals surface area contributed by atoms with Crippen LogP contribution in [-0.2, 0) is 10.5 Å². The maximum Gasteiger partial charge on any atom is 0.318 e.